The van der Waals surface area contributed by atoms with Crippen LogP contribution >= 0.6 is 0 Å². The molecule has 1 aromatic heterocycles. The fraction of sp³-hybridized carbons (Fsp3) is 0.375. The van der Waals surface area contributed by atoms with Gasteiger partial charge in [0.15, 0.2) is 23.1 Å². The van der Waals surface area contributed by atoms with Gasteiger partial charge in [-0.3, -0.25) is 0 Å². The van der Waals surface area contributed by atoms with Crippen molar-refractivity contribution in [1.82, 2.24) is 9.97 Å². The molecule has 0 atom stereocenters. The minimum atomic E-state index is -0.128. The predicted octanol–water partition coefficient (Wildman–Crippen LogP) is 2.61. The Morgan fingerprint density at radius 2 is 1.87 bits per heavy atom. The molecule has 2 heterocycles. The molecular weight excluding hydrogens is 294 g/mol. The molecule has 4 N–H and O–H groups in total. The SMILES string of the molecule is CC(C)(C)Nc1ncnc(NCc2ccc3c(c2)OCO3)c1N. The summed E-state index contributed by atoms with van der Waals surface area (Å²) in [5, 5.41) is 6.50. The van der Waals surface area contributed by atoms with Crippen molar-refractivity contribution in [1.29, 1.82) is 0 Å². The lowest BCUT2D eigenvalue weighted by molar-refractivity contribution is 0.174. The van der Waals surface area contributed by atoms with Gasteiger partial charge in [-0.25, -0.2) is 9.97 Å². The van der Waals surface area contributed by atoms with E-state index >= 15 is 0 Å². The Morgan fingerprint density at radius 3 is 2.65 bits per heavy atom. The number of rotatable bonds is 4. The predicted molar refractivity (Wildman–Crippen MR) is 89.7 cm³/mol. The van der Waals surface area contributed by atoms with Crippen LogP contribution in [0.3, 0.4) is 0 Å². The number of fused-ring (bicyclic) bond motifs is 1. The molecule has 0 amide bonds. The Morgan fingerprint density at radius 1 is 1.13 bits per heavy atom. The summed E-state index contributed by atoms with van der Waals surface area (Å²) >= 11 is 0. The smallest absolute Gasteiger partial charge is 0.231 e. The first kappa shape index (κ1) is 15.2. The topological polar surface area (TPSA) is 94.3 Å². The van der Waals surface area contributed by atoms with Gasteiger partial charge in [0.2, 0.25) is 6.79 Å². The molecule has 23 heavy (non-hydrogen) atoms. The number of nitrogens with two attached hydrogens (primary N) is 1. The first-order valence-corrected chi connectivity index (χ1v) is 7.43. The van der Waals surface area contributed by atoms with Gasteiger partial charge >= 0.3 is 0 Å². The summed E-state index contributed by atoms with van der Waals surface area (Å²) in [6.07, 6.45) is 1.49. The van der Waals surface area contributed by atoms with Crippen LogP contribution in [-0.2, 0) is 6.54 Å². The maximum Gasteiger partial charge on any atom is 0.231 e. The maximum absolute atomic E-state index is 6.15. The molecule has 0 fully saturated rings. The Labute approximate surface area is 135 Å². The molecule has 7 heteroatoms. The number of anilines is 3. The summed E-state index contributed by atoms with van der Waals surface area (Å²) < 4.78 is 10.7. The zero-order valence-electron chi connectivity index (χ0n) is 13.5. The molecule has 0 unspecified atom stereocenters. The fourth-order valence-electron chi connectivity index (χ4n) is 2.23. The van der Waals surface area contributed by atoms with Gasteiger partial charge in [0.1, 0.15) is 12.0 Å². The van der Waals surface area contributed by atoms with E-state index in [0.717, 1.165) is 17.1 Å². The van der Waals surface area contributed by atoms with Crippen molar-refractivity contribution < 1.29 is 9.47 Å². The highest BCUT2D eigenvalue weighted by Crippen LogP contribution is 2.33. The summed E-state index contributed by atoms with van der Waals surface area (Å²) in [6, 6.07) is 5.82. The van der Waals surface area contributed by atoms with E-state index in [9.17, 15) is 0 Å². The van der Waals surface area contributed by atoms with Crippen LogP contribution in [0.2, 0.25) is 0 Å². The molecule has 2 aromatic rings. The molecule has 3 rings (SSSR count). The lowest BCUT2D eigenvalue weighted by atomic mass is 10.1. The van der Waals surface area contributed by atoms with Gasteiger partial charge < -0.3 is 25.8 Å². The summed E-state index contributed by atoms with van der Waals surface area (Å²) in [5.74, 6) is 2.76. The van der Waals surface area contributed by atoms with Crippen molar-refractivity contribution >= 4 is 17.3 Å². The van der Waals surface area contributed by atoms with Crippen molar-refractivity contribution in [3.05, 3.63) is 30.1 Å². The minimum Gasteiger partial charge on any atom is -0.454 e. The number of hydrogen-bond donors (Lipinski definition) is 3. The second-order valence-corrected chi connectivity index (χ2v) is 6.40. The van der Waals surface area contributed by atoms with E-state index in [1.54, 1.807) is 0 Å². The van der Waals surface area contributed by atoms with Crippen molar-refractivity contribution in [2.24, 2.45) is 0 Å². The molecule has 0 saturated heterocycles. The Bertz CT molecular complexity index is 712. The van der Waals surface area contributed by atoms with Crippen LogP contribution in [-0.4, -0.2) is 22.3 Å². The average molecular weight is 315 g/mol. The van der Waals surface area contributed by atoms with Gasteiger partial charge in [-0.1, -0.05) is 6.07 Å². The second-order valence-electron chi connectivity index (χ2n) is 6.40. The summed E-state index contributed by atoms with van der Waals surface area (Å²) in [5.41, 5.74) is 7.58. The third kappa shape index (κ3) is 3.56. The number of hydrogen-bond acceptors (Lipinski definition) is 7. The van der Waals surface area contributed by atoms with Gasteiger partial charge in [0.05, 0.1) is 0 Å². The van der Waals surface area contributed by atoms with Gasteiger partial charge in [0.25, 0.3) is 0 Å². The lowest BCUT2D eigenvalue weighted by Gasteiger charge is -2.22. The molecule has 0 saturated carbocycles. The van der Waals surface area contributed by atoms with Gasteiger partial charge in [-0.2, -0.15) is 0 Å². The molecule has 1 aliphatic rings. The highest BCUT2D eigenvalue weighted by Gasteiger charge is 2.16. The van der Waals surface area contributed by atoms with Crippen LogP contribution in [0.4, 0.5) is 17.3 Å². The number of nitrogens with zero attached hydrogens (tertiary/aromatic N) is 2. The molecule has 122 valence electrons. The van der Waals surface area contributed by atoms with Crippen LogP contribution in [0, 0.1) is 0 Å². The summed E-state index contributed by atoms with van der Waals surface area (Å²) in [7, 11) is 0. The average Bonchev–Trinajstić information content (AvgIpc) is 2.94. The van der Waals surface area contributed by atoms with E-state index in [1.807, 2.05) is 39.0 Å². The largest absolute Gasteiger partial charge is 0.454 e. The van der Waals surface area contributed by atoms with Crippen LogP contribution in [0.1, 0.15) is 26.3 Å². The number of nitrogens with one attached hydrogen (secondary N) is 2. The molecular formula is C16H21N5O2. The van der Waals surface area contributed by atoms with E-state index in [2.05, 4.69) is 20.6 Å². The zero-order chi connectivity index (χ0) is 16.4. The van der Waals surface area contributed by atoms with Crippen molar-refractivity contribution in [2.45, 2.75) is 32.9 Å². The molecule has 0 bridgehead atoms. The molecule has 7 nitrogen and oxygen atoms in total. The van der Waals surface area contributed by atoms with Crippen molar-refractivity contribution in [2.75, 3.05) is 23.2 Å². The Kier molecular flexibility index (Phi) is 3.85. The highest BCUT2D eigenvalue weighted by molar-refractivity contribution is 5.74. The summed E-state index contributed by atoms with van der Waals surface area (Å²) in [6.45, 7) is 7.00. The van der Waals surface area contributed by atoms with Gasteiger partial charge in [-0.05, 0) is 38.5 Å². The third-order valence-electron chi connectivity index (χ3n) is 3.27. The fourth-order valence-corrected chi connectivity index (χ4v) is 2.23. The number of benzene rings is 1. The molecule has 0 radical (unpaired) electrons. The first-order valence-electron chi connectivity index (χ1n) is 7.43. The monoisotopic (exact) mass is 315 g/mol. The van der Waals surface area contributed by atoms with Crippen LogP contribution in [0.15, 0.2) is 24.5 Å². The van der Waals surface area contributed by atoms with E-state index in [4.69, 9.17) is 15.2 Å². The standard InChI is InChI=1S/C16H21N5O2/c1-16(2,3)21-15-13(17)14(19-8-20-15)18-7-10-4-5-11-12(6-10)23-9-22-11/h4-6,8H,7,9,17H2,1-3H3,(H2,18,19,20,21). The van der Waals surface area contributed by atoms with Gasteiger partial charge in [-0.15, -0.1) is 0 Å². The number of aromatic nitrogens is 2. The van der Waals surface area contributed by atoms with Crippen LogP contribution in [0.25, 0.3) is 0 Å². The first-order chi connectivity index (χ1) is 10.9. The Balaban J connectivity index is 1.72. The zero-order valence-corrected chi connectivity index (χ0v) is 13.5. The number of ether oxygens (including phenoxy) is 2. The van der Waals surface area contributed by atoms with Crippen LogP contribution in [0.5, 0.6) is 11.5 Å². The third-order valence-corrected chi connectivity index (χ3v) is 3.27. The molecule has 1 aromatic carbocycles. The van der Waals surface area contributed by atoms with Crippen LogP contribution < -0.4 is 25.8 Å². The Hall–Kier alpha value is -2.70. The second kappa shape index (κ2) is 5.83. The molecule has 0 spiro atoms. The summed E-state index contributed by atoms with van der Waals surface area (Å²) in [4.78, 5) is 8.42. The van der Waals surface area contributed by atoms with Crippen molar-refractivity contribution in [3.63, 3.8) is 0 Å². The quantitative estimate of drug-likeness (QED) is 0.798. The molecule has 0 aliphatic carbocycles. The van der Waals surface area contributed by atoms with Gasteiger partial charge in [0, 0.05) is 12.1 Å². The normalized spacial score (nSPS) is 13.0. The highest BCUT2D eigenvalue weighted by atomic mass is 16.7. The van der Waals surface area contributed by atoms with Crippen molar-refractivity contribution in [3.8, 4) is 11.5 Å². The lowest BCUT2D eigenvalue weighted by Crippen LogP contribution is -2.27. The molecule has 1 aliphatic heterocycles. The van der Waals surface area contributed by atoms with E-state index in [-0.39, 0.29) is 12.3 Å². The maximum atomic E-state index is 6.15. The van der Waals surface area contributed by atoms with E-state index in [0.29, 0.717) is 23.9 Å². The number of nitrogen functional groups attached to an aromatic ring is 1. The van der Waals surface area contributed by atoms with E-state index in [1.165, 1.54) is 6.33 Å². The minimum absolute atomic E-state index is 0.128. The van der Waals surface area contributed by atoms with E-state index < -0.39 is 0 Å².